The molecule has 0 bridgehead atoms. The van der Waals surface area contributed by atoms with Crippen molar-refractivity contribution in [3.05, 3.63) is 40.1 Å². The minimum atomic E-state index is 0.615. The highest BCUT2D eigenvalue weighted by atomic mass is 79.9. The highest BCUT2D eigenvalue weighted by Gasteiger charge is 2.12. The molecular formula is C15H18BrN3O. The number of benzene rings is 1. The fourth-order valence-electron chi connectivity index (χ4n) is 1.95. The molecule has 0 saturated heterocycles. The summed E-state index contributed by atoms with van der Waals surface area (Å²) in [5, 5.41) is 3.24. The molecule has 1 heterocycles. The minimum Gasteiger partial charge on any atom is -0.438 e. The van der Waals surface area contributed by atoms with Crippen LogP contribution in [0.25, 0.3) is 0 Å². The third kappa shape index (κ3) is 3.28. The van der Waals surface area contributed by atoms with Gasteiger partial charge in [-0.25, -0.2) is 9.97 Å². The molecule has 2 rings (SSSR count). The van der Waals surface area contributed by atoms with E-state index >= 15 is 0 Å². The van der Waals surface area contributed by atoms with Gasteiger partial charge in [0.1, 0.15) is 17.9 Å². The lowest BCUT2D eigenvalue weighted by Crippen LogP contribution is -2.06. The molecular weight excluding hydrogens is 318 g/mol. The Kier molecular flexibility index (Phi) is 4.95. The number of aryl methyl sites for hydroxylation is 1. The van der Waals surface area contributed by atoms with Gasteiger partial charge in [-0.1, -0.05) is 22.9 Å². The summed E-state index contributed by atoms with van der Waals surface area (Å²) in [5.74, 6) is 2.27. The van der Waals surface area contributed by atoms with E-state index in [-0.39, 0.29) is 0 Å². The topological polar surface area (TPSA) is 47.0 Å². The number of ether oxygens (including phenoxy) is 1. The second kappa shape index (κ2) is 6.70. The maximum absolute atomic E-state index is 5.96. The van der Waals surface area contributed by atoms with Crippen LogP contribution in [0.5, 0.6) is 11.6 Å². The number of nitrogens with one attached hydrogen (secondary N) is 1. The van der Waals surface area contributed by atoms with Crippen LogP contribution in [0.1, 0.15) is 25.0 Å². The Morgan fingerprint density at radius 3 is 2.70 bits per heavy atom. The summed E-state index contributed by atoms with van der Waals surface area (Å²) in [7, 11) is 0. The Hall–Kier alpha value is -1.62. The third-order valence-corrected chi connectivity index (χ3v) is 3.44. The predicted octanol–water partition coefficient (Wildman–Crippen LogP) is 4.33. The normalized spacial score (nSPS) is 10.4. The Morgan fingerprint density at radius 2 is 2.05 bits per heavy atom. The molecule has 2 aromatic rings. The van der Waals surface area contributed by atoms with Crippen molar-refractivity contribution in [1.82, 2.24) is 9.97 Å². The minimum absolute atomic E-state index is 0.615. The Balaban J connectivity index is 2.35. The SMILES string of the molecule is CCNc1ncnc(Oc2ccc(Br)cc2C)c1CC. The van der Waals surface area contributed by atoms with Crippen molar-refractivity contribution in [1.29, 1.82) is 0 Å². The molecule has 0 aliphatic rings. The van der Waals surface area contributed by atoms with E-state index in [0.29, 0.717) is 5.88 Å². The lowest BCUT2D eigenvalue weighted by Gasteiger charge is -2.14. The van der Waals surface area contributed by atoms with E-state index in [1.54, 1.807) is 0 Å². The molecule has 0 atom stereocenters. The number of hydrogen-bond donors (Lipinski definition) is 1. The molecule has 106 valence electrons. The molecule has 5 heteroatoms. The van der Waals surface area contributed by atoms with Crippen molar-refractivity contribution in [3.8, 4) is 11.6 Å². The Bertz CT molecular complexity index is 602. The summed E-state index contributed by atoms with van der Waals surface area (Å²) in [6.45, 7) is 6.95. The molecule has 1 aromatic carbocycles. The first-order valence-corrected chi connectivity index (χ1v) is 7.46. The van der Waals surface area contributed by atoms with Gasteiger partial charge in [0, 0.05) is 11.0 Å². The molecule has 0 radical (unpaired) electrons. The molecule has 20 heavy (non-hydrogen) atoms. The average molecular weight is 336 g/mol. The maximum atomic E-state index is 5.96. The molecule has 0 unspecified atom stereocenters. The molecule has 1 aromatic heterocycles. The van der Waals surface area contributed by atoms with Gasteiger partial charge in [0.25, 0.3) is 0 Å². The molecule has 0 amide bonds. The number of nitrogens with zero attached hydrogens (tertiary/aromatic N) is 2. The van der Waals surface area contributed by atoms with Crippen molar-refractivity contribution < 1.29 is 4.74 Å². The van der Waals surface area contributed by atoms with Crippen LogP contribution in [0.15, 0.2) is 29.0 Å². The van der Waals surface area contributed by atoms with Gasteiger partial charge in [-0.15, -0.1) is 0 Å². The van der Waals surface area contributed by atoms with Crippen LogP contribution < -0.4 is 10.1 Å². The molecule has 0 aliphatic heterocycles. The number of halogens is 1. The van der Waals surface area contributed by atoms with E-state index in [1.165, 1.54) is 6.33 Å². The van der Waals surface area contributed by atoms with Gasteiger partial charge in [-0.2, -0.15) is 0 Å². The molecule has 0 aliphatic carbocycles. The van der Waals surface area contributed by atoms with E-state index in [0.717, 1.165) is 40.1 Å². The number of rotatable bonds is 5. The molecule has 0 spiro atoms. The predicted molar refractivity (Wildman–Crippen MR) is 84.5 cm³/mol. The van der Waals surface area contributed by atoms with Crippen LogP contribution in [-0.4, -0.2) is 16.5 Å². The fraction of sp³-hybridized carbons (Fsp3) is 0.333. The van der Waals surface area contributed by atoms with Crippen molar-refractivity contribution in [2.24, 2.45) is 0 Å². The lowest BCUT2D eigenvalue weighted by atomic mass is 10.2. The first kappa shape index (κ1) is 14.8. The Labute approximate surface area is 127 Å². The molecule has 0 saturated carbocycles. The second-order valence-electron chi connectivity index (χ2n) is 4.40. The average Bonchev–Trinajstić information content (AvgIpc) is 2.42. The van der Waals surface area contributed by atoms with Crippen LogP contribution in [-0.2, 0) is 6.42 Å². The smallest absolute Gasteiger partial charge is 0.227 e. The van der Waals surface area contributed by atoms with Crippen LogP contribution in [0.2, 0.25) is 0 Å². The second-order valence-corrected chi connectivity index (χ2v) is 5.32. The first-order chi connectivity index (χ1) is 9.65. The van der Waals surface area contributed by atoms with E-state index in [1.807, 2.05) is 32.0 Å². The standard InChI is InChI=1S/C15H18BrN3O/c1-4-12-14(17-5-2)18-9-19-15(12)20-13-7-6-11(16)8-10(13)3/h6-9H,4-5H2,1-3H3,(H,17,18,19). The van der Waals surface area contributed by atoms with E-state index in [9.17, 15) is 0 Å². The van der Waals surface area contributed by atoms with Crippen molar-refractivity contribution >= 4 is 21.7 Å². The van der Waals surface area contributed by atoms with Crippen LogP contribution in [0, 0.1) is 6.92 Å². The van der Waals surface area contributed by atoms with E-state index < -0.39 is 0 Å². The molecule has 0 fully saturated rings. The molecule has 1 N–H and O–H groups in total. The lowest BCUT2D eigenvalue weighted by molar-refractivity contribution is 0.452. The highest BCUT2D eigenvalue weighted by Crippen LogP contribution is 2.30. The van der Waals surface area contributed by atoms with Crippen molar-refractivity contribution in [2.75, 3.05) is 11.9 Å². The monoisotopic (exact) mass is 335 g/mol. The first-order valence-electron chi connectivity index (χ1n) is 6.67. The largest absolute Gasteiger partial charge is 0.438 e. The van der Waals surface area contributed by atoms with Crippen LogP contribution >= 0.6 is 15.9 Å². The van der Waals surface area contributed by atoms with Crippen LogP contribution in [0.3, 0.4) is 0 Å². The quantitative estimate of drug-likeness (QED) is 0.883. The van der Waals surface area contributed by atoms with E-state index in [4.69, 9.17) is 4.74 Å². The van der Waals surface area contributed by atoms with Crippen molar-refractivity contribution in [3.63, 3.8) is 0 Å². The summed E-state index contributed by atoms with van der Waals surface area (Å²) in [6, 6.07) is 5.92. The van der Waals surface area contributed by atoms with E-state index in [2.05, 4.69) is 38.1 Å². The van der Waals surface area contributed by atoms with Gasteiger partial charge in [-0.3, -0.25) is 0 Å². The van der Waals surface area contributed by atoms with Gasteiger partial charge in [0.15, 0.2) is 0 Å². The zero-order chi connectivity index (χ0) is 14.5. The summed E-state index contributed by atoms with van der Waals surface area (Å²) in [4.78, 5) is 8.53. The van der Waals surface area contributed by atoms with Gasteiger partial charge in [-0.05, 0) is 44.0 Å². The Morgan fingerprint density at radius 1 is 1.25 bits per heavy atom. The summed E-state index contributed by atoms with van der Waals surface area (Å²) >= 11 is 3.45. The zero-order valence-corrected chi connectivity index (χ0v) is 13.5. The summed E-state index contributed by atoms with van der Waals surface area (Å²) in [5.41, 5.74) is 2.06. The zero-order valence-electron chi connectivity index (χ0n) is 11.9. The number of aromatic nitrogens is 2. The number of hydrogen-bond acceptors (Lipinski definition) is 4. The summed E-state index contributed by atoms with van der Waals surface area (Å²) in [6.07, 6.45) is 2.34. The van der Waals surface area contributed by atoms with Crippen molar-refractivity contribution in [2.45, 2.75) is 27.2 Å². The molecule has 4 nitrogen and oxygen atoms in total. The fourth-order valence-corrected chi connectivity index (χ4v) is 2.43. The van der Waals surface area contributed by atoms with Gasteiger partial charge in [0.05, 0.1) is 5.56 Å². The van der Waals surface area contributed by atoms with Gasteiger partial charge < -0.3 is 10.1 Å². The summed E-state index contributed by atoms with van der Waals surface area (Å²) < 4.78 is 7.00. The van der Waals surface area contributed by atoms with Crippen LogP contribution in [0.4, 0.5) is 5.82 Å². The maximum Gasteiger partial charge on any atom is 0.227 e. The van der Waals surface area contributed by atoms with Gasteiger partial charge in [0.2, 0.25) is 5.88 Å². The third-order valence-electron chi connectivity index (χ3n) is 2.95. The van der Waals surface area contributed by atoms with Gasteiger partial charge >= 0.3 is 0 Å². The highest BCUT2D eigenvalue weighted by molar-refractivity contribution is 9.10. The number of anilines is 1.